The first-order valence-corrected chi connectivity index (χ1v) is 9.45. The molecule has 0 unspecified atom stereocenters. The van der Waals surface area contributed by atoms with Crippen molar-refractivity contribution in [2.24, 2.45) is 4.99 Å². The molecule has 0 aliphatic carbocycles. The summed E-state index contributed by atoms with van der Waals surface area (Å²) in [6.45, 7) is 0.178. The van der Waals surface area contributed by atoms with Crippen LogP contribution in [0.2, 0.25) is 0 Å². The number of benzene rings is 2. The quantitative estimate of drug-likeness (QED) is 0.754. The highest BCUT2D eigenvalue weighted by molar-refractivity contribution is 8.18. The maximum absolute atomic E-state index is 12.3. The van der Waals surface area contributed by atoms with E-state index in [2.05, 4.69) is 4.99 Å². The highest BCUT2D eigenvalue weighted by Gasteiger charge is 2.33. The average molecular weight is 411 g/mol. The summed E-state index contributed by atoms with van der Waals surface area (Å²) in [5, 5.41) is 11.0. The second-order valence-electron chi connectivity index (χ2n) is 6.03. The number of fused-ring (bicyclic) bond motifs is 1. The van der Waals surface area contributed by atoms with Crippen molar-refractivity contribution in [3.63, 3.8) is 0 Å². The Balaban J connectivity index is 1.75. The molecule has 2 aliphatic heterocycles. The smallest absolute Gasteiger partial charge is 0.344 e. The third kappa shape index (κ3) is 3.66. The molecule has 8 heteroatoms. The van der Waals surface area contributed by atoms with E-state index in [-0.39, 0.29) is 18.1 Å². The lowest BCUT2D eigenvalue weighted by Crippen LogP contribution is -2.10. The van der Waals surface area contributed by atoms with Crippen molar-refractivity contribution in [3.05, 3.63) is 64.3 Å². The number of carbonyl (C=O) groups is 1. The summed E-state index contributed by atoms with van der Waals surface area (Å²) in [4.78, 5) is 17.3. The Morgan fingerprint density at radius 1 is 1.17 bits per heavy atom. The maximum Gasteiger partial charge on any atom is 0.344 e. The van der Waals surface area contributed by atoms with Crippen LogP contribution < -0.4 is 14.2 Å². The predicted octanol–water partition coefficient (Wildman–Crippen LogP) is 4.23. The van der Waals surface area contributed by atoms with E-state index >= 15 is 0 Å². The first-order valence-electron chi connectivity index (χ1n) is 8.64. The van der Waals surface area contributed by atoms with Crippen LogP contribution >= 0.6 is 11.8 Å². The van der Waals surface area contributed by atoms with E-state index in [1.165, 1.54) is 18.9 Å². The highest BCUT2D eigenvalue weighted by atomic mass is 32.2. The van der Waals surface area contributed by atoms with Gasteiger partial charge in [-0.05, 0) is 35.9 Å². The molecule has 0 saturated heterocycles. The van der Waals surface area contributed by atoms with Gasteiger partial charge in [0.2, 0.25) is 6.79 Å². The molecule has 0 bridgehead atoms. The summed E-state index contributed by atoms with van der Waals surface area (Å²) >= 11 is 1.17. The van der Waals surface area contributed by atoms with Crippen LogP contribution in [0.15, 0.2) is 63.7 Å². The van der Waals surface area contributed by atoms with Crippen LogP contribution in [-0.4, -0.2) is 37.1 Å². The Morgan fingerprint density at radius 3 is 2.76 bits per heavy atom. The number of hydrogen-bond acceptors (Lipinski definition) is 8. The topological polar surface area (TPSA) is 86.6 Å². The zero-order valence-electron chi connectivity index (χ0n) is 15.7. The Morgan fingerprint density at radius 2 is 1.97 bits per heavy atom. The molecular formula is C21H17NO6S. The van der Waals surface area contributed by atoms with Gasteiger partial charge in [0, 0.05) is 0 Å². The molecule has 0 amide bonds. The Labute approximate surface area is 171 Å². The summed E-state index contributed by atoms with van der Waals surface area (Å²) < 4.78 is 20.9. The van der Waals surface area contributed by atoms with Crippen molar-refractivity contribution in [2.45, 2.75) is 0 Å². The van der Waals surface area contributed by atoms with Gasteiger partial charge in [0.05, 0.1) is 19.1 Å². The van der Waals surface area contributed by atoms with Gasteiger partial charge in [-0.1, -0.05) is 30.0 Å². The van der Waals surface area contributed by atoms with Crippen LogP contribution in [-0.2, 0) is 9.53 Å². The molecule has 2 aliphatic rings. The lowest BCUT2D eigenvalue weighted by Gasteiger charge is -2.05. The largest absolute Gasteiger partial charge is 0.506 e. The number of rotatable bonds is 4. The number of esters is 1. The minimum atomic E-state index is -0.669. The van der Waals surface area contributed by atoms with E-state index in [0.717, 1.165) is 5.56 Å². The number of methoxy groups -OCH3 is 2. The minimum absolute atomic E-state index is 0.00963. The van der Waals surface area contributed by atoms with Crippen molar-refractivity contribution in [1.29, 1.82) is 0 Å². The maximum atomic E-state index is 12.3. The first-order chi connectivity index (χ1) is 14.1. The van der Waals surface area contributed by atoms with E-state index in [9.17, 15) is 9.90 Å². The fourth-order valence-electron chi connectivity index (χ4n) is 2.88. The van der Waals surface area contributed by atoms with Crippen molar-refractivity contribution in [1.82, 2.24) is 0 Å². The number of hydrogen-bond donors (Lipinski definition) is 1. The number of aliphatic imine (C=N–C) groups is 1. The van der Waals surface area contributed by atoms with Gasteiger partial charge in [-0.25, -0.2) is 9.79 Å². The normalized spacial score (nSPS) is 17.9. The monoisotopic (exact) mass is 411 g/mol. The van der Waals surface area contributed by atoms with Crippen molar-refractivity contribution in [3.8, 4) is 17.2 Å². The lowest BCUT2D eigenvalue weighted by atomic mass is 10.1. The molecule has 0 fully saturated rings. The average Bonchev–Trinajstić information content (AvgIpc) is 3.32. The minimum Gasteiger partial charge on any atom is -0.506 e. The van der Waals surface area contributed by atoms with Gasteiger partial charge in [-0.2, -0.15) is 0 Å². The van der Waals surface area contributed by atoms with Gasteiger partial charge < -0.3 is 24.1 Å². The first kappa shape index (κ1) is 18.9. The highest BCUT2D eigenvalue weighted by Crippen LogP contribution is 2.42. The van der Waals surface area contributed by atoms with Gasteiger partial charge in [0.25, 0.3) is 0 Å². The zero-order chi connectivity index (χ0) is 20.4. The summed E-state index contributed by atoms with van der Waals surface area (Å²) in [6.07, 6.45) is 1.75. The second kappa shape index (κ2) is 7.92. The molecule has 1 N–H and O–H groups in total. The van der Waals surface area contributed by atoms with Gasteiger partial charge >= 0.3 is 5.97 Å². The number of para-hydroxylation sites is 2. The van der Waals surface area contributed by atoms with Crippen molar-refractivity contribution in [2.75, 3.05) is 21.0 Å². The summed E-state index contributed by atoms with van der Waals surface area (Å²) in [6, 6.07) is 12.6. The molecule has 0 atom stereocenters. The van der Waals surface area contributed by atoms with Crippen LogP contribution in [0, 0.1) is 0 Å². The Kier molecular flexibility index (Phi) is 5.18. The number of aliphatic hydroxyl groups excluding tert-OH is 1. The van der Waals surface area contributed by atoms with E-state index in [1.54, 1.807) is 37.5 Å². The fourth-order valence-corrected chi connectivity index (χ4v) is 3.90. The van der Waals surface area contributed by atoms with E-state index < -0.39 is 5.97 Å². The molecule has 0 radical (unpaired) electrons. The molecular weight excluding hydrogens is 394 g/mol. The molecule has 2 aromatic rings. The summed E-state index contributed by atoms with van der Waals surface area (Å²) in [5.41, 5.74) is 1.33. The van der Waals surface area contributed by atoms with Crippen LogP contribution in [0.1, 0.15) is 5.56 Å². The molecule has 29 heavy (non-hydrogen) atoms. The van der Waals surface area contributed by atoms with Gasteiger partial charge in [-0.15, -0.1) is 0 Å². The zero-order valence-corrected chi connectivity index (χ0v) is 16.5. The van der Waals surface area contributed by atoms with Gasteiger partial charge in [-0.3, -0.25) is 0 Å². The third-order valence-electron chi connectivity index (χ3n) is 4.28. The van der Waals surface area contributed by atoms with E-state index in [0.29, 0.717) is 32.9 Å². The SMILES string of the molecule is COC(=O)C1=C(O)C(=Cc2ccc3c(c2)OCO3)SC1=Nc1ccccc1OC. The van der Waals surface area contributed by atoms with Crippen LogP contribution in [0.3, 0.4) is 0 Å². The predicted molar refractivity (Wildman–Crippen MR) is 110 cm³/mol. The van der Waals surface area contributed by atoms with E-state index in [4.69, 9.17) is 18.9 Å². The molecule has 7 nitrogen and oxygen atoms in total. The molecule has 0 saturated carbocycles. The van der Waals surface area contributed by atoms with Crippen molar-refractivity contribution < 1.29 is 28.8 Å². The fraction of sp³-hybridized carbons (Fsp3) is 0.143. The van der Waals surface area contributed by atoms with Crippen molar-refractivity contribution >= 4 is 34.5 Å². The van der Waals surface area contributed by atoms with Gasteiger partial charge in [0.15, 0.2) is 11.5 Å². The molecule has 2 aromatic carbocycles. The third-order valence-corrected chi connectivity index (χ3v) is 5.30. The standard InChI is InChI=1S/C21H17NO6S/c1-25-14-6-4-3-5-13(14)22-20-18(21(24)26-2)19(23)17(29-20)10-12-7-8-15-16(9-12)28-11-27-15/h3-10,23H,11H2,1-2H3. The van der Waals surface area contributed by atoms with Crippen LogP contribution in [0.5, 0.6) is 17.2 Å². The number of ether oxygens (including phenoxy) is 4. The summed E-state index contributed by atoms with van der Waals surface area (Å²) in [7, 11) is 2.80. The molecule has 4 rings (SSSR count). The van der Waals surface area contributed by atoms with Crippen LogP contribution in [0.25, 0.3) is 6.08 Å². The summed E-state index contributed by atoms with van der Waals surface area (Å²) in [5.74, 6) is 0.991. The number of nitrogens with zero attached hydrogens (tertiary/aromatic N) is 1. The number of carbonyl (C=O) groups excluding carboxylic acids is 1. The molecule has 2 heterocycles. The number of thioether (sulfide) groups is 1. The second-order valence-corrected chi connectivity index (χ2v) is 7.06. The van der Waals surface area contributed by atoms with Crippen LogP contribution in [0.4, 0.5) is 5.69 Å². The van der Waals surface area contributed by atoms with Gasteiger partial charge in [0.1, 0.15) is 27.8 Å². The number of aliphatic hydroxyl groups is 1. The lowest BCUT2D eigenvalue weighted by molar-refractivity contribution is -0.135. The molecule has 0 spiro atoms. The molecule has 0 aromatic heterocycles. The van der Waals surface area contributed by atoms with E-state index in [1.807, 2.05) is 18.2 Å². The molecule has 148 valence electrons. The Bertz CT molecular complexity index is 1070. The Hall–Kier alpha value is -3.39.